The van der Waals surface area contributed by atoms with Gasteiger partial charge in [-0.25, -0.2) is 0 Å². The molecule has 33 heavy (non-hydrogen) atoms. The van der Waals surface area contributed by atoms with E-state index >= 15 is 0 Å². The van der Waals surface area contributed by atoms with Gasteiger partial charge in [0.2, 0.25) is 0 Å². The molecule has 0 saturated carbocycles. The van der Waals surface area contributed by atoms with Crippen LogP contribution in [0.4, 0.5) is 5.69 Å². The van der Waals surface area contributed by atoms with Crippen molar-refractivity contribution in [3.8, 4) is 5.75 Å². The molecule has 0 aromatic heterocycles. The summed E-state index contributed by atoms with van der Waals surface area (Å²) in [5, 5.41) is 10.3. The molecule has 5 nitrogen and oxygen atoms in total. The molecule has 2 aromatic rings. The van der Waals surface area contributed by atoms with Crippen molar-refractivity contribution in [2.45, 2.75) is 44.6 Å². The maximum absolute atomic E-state index is 11.5. The van der Waals surface area contributed by atoms with Crippen molar-refractivity contribution in [2.75, 3.05) is 25.0 Å². The molecule has 1 heterocycles. The molecular formula is C26H31ClN2O3S. The number of likely N-dealkylation sites (N-methyl/N-ethyl adjacent to an activating group) is 1. The van der Waals surface area contributed by atoms with E-state index in [-0.39, 0.29) is 17.6 Å². The molecule has 1 aliphatic heterocycles. The van der Waals surface area contributed by atoms with Crippen molar-refractivity contribution in [2.24, 2.45) is 0 Å². The van der Waals surface area contributed by atoms with Gasteiger partial charge in [0.05, 0.1) is 12.5 Å². The lowest BCUT2D eigenvalue weighted by Gasteiger charge is -2.26. The Bertz CT molecular complexity index is 980. The molecule has 176 valence electrons. The number of fused-ring (bicyclic) bond motifs is 1. The number of anilines is 1. The van der Waals surface area contributed by atoms with Crippen LogP contribution < -0.4 is 9.64 Å². The number of benzene rings is 2. The Morgan fingerprint density at radius 1 is 1.27 bits per heavy atom. The highest BCUT2D eigenvalue weighted by Gasteiger charge is 2.34. The summed E-state index contributed by atoms with van der Waals surface area (Å²) < 4.78 is 5.88. The van der Waals surface area contributed by atoms with E-state index in [0.29, 0.717) is 17.2 Å². The summed E-state index contributed by atoms with van der Waals surface area (Å²) in [5.41, 5.74) is 3.31. The second kappa shape index (κ2) is 12.2. The van der Waals surface area contributed by atoms with E-state index in [9.17, 15) is 9.90 Å². The molecule has 3 rings (SSSR count). The number of carboxylic acid groups (broad SMARTS) is 1. The average Bonchev–Trinajstić information content (AvgIpc) is 3.11. The number of hydrogen-bond acceptors (Lipinski definition) is 4. The zero-order valence-electron chi connectivity index (χ0n) is 19.0. The fourth-order valence-corrected chi connectivity index (χ4v) is 4.67. The number of unbranched alkanes of at least 4 members (excludes halogenated alkanes) is 2. The van der Waals surface area contributed by atoms with Gasteiger partial charge < -0.3 is 14.7 Å². The van der Waals surface area contributed by atoms with Gasteiger partial charge in [0.25, 0.3) is 5.17 Å². The second-order valence-electron chi connectivity index (χ2n) is 8.47. The number of rotatable bonds is 11. The average molecular weight is 487 g/mol. The number of carboxylic acids is 1. The van der Waals surface area contributed by atoms with Crippen LogP contribution >= 0.6 is 23.8 Å². The number of carbonyl (C=O) groups is 1. The molecule has 0 bridgehead atoms. The molecule has 2 aromatic carbocycles. The minimum Gasteiger partial charge on any atom is -0.481 e. The summed E-state index contributed by atoms with van der Waals surface area (Å²) in [6.45, 7) is 5.77. The Morgan fingerprint density at radius 3 is 2.73 bits per heavy atom. The molecule has 0 aliphatic carbocycles. The number of aryl methyl sites for hydroxylation is 1. The fraction of sp³-hybridized carbons (Fsp3) is 0.385. The number of halogens is 1. The maximum Gasteiger partial charge on any atom is 0.305 e. The Kier molecular flexibility index (Phi) is 9.30. The van der Waals surface area contributed by atoms with E-state index in [2.05, 4.69) is 30.7 Å². The van der Waals surface area contributed by atoms with Crippen LogP contribution in [0, 0.1) is 0 Å². The first-order chi connectivity index (χ1) is 15.9. The van der Waals surface area contributed by atoms with Crippen molar-refractivity contribution in [3.63, 3.8) is 0 Å². The molecule has 0 fully saturated rings. The Labute approximate surface area is 206 Å². The molecule has 0 saturated heterocycles. The van der Waals surface area contributed by atoms with Gasteiger partial charge >= 0.3 is 5.97 Å². The SMILES string of the molecule is C=CCN(C)CCCCCc1ccc2c(c1)CC(CC(=O)O)N2C(=S)Oc1ccc(Cl)cc1. The number of thiocarbonyl (C=S) groups is 1. The fourth-order valence-electron chi connectivity index (χ4n) is 4.20. The van der Waals surface area contributed by atoms with Crippen molar-refractivity contribution in [1.29, 1.82) is 0 Å². The van der Waals surface area contributed by atoms with Crippen LogP contribution in [0.5, 0.6) is 5.75 Å². The van der Waals surface area contributed by atoms with E-state index in [1.165, 1.54) is 18.4 Å². The highest BCUT2D eigenvalue weighted by molar-refractivity contribution is 7.80. The second-order valence-corrected chi connectivity index (χ2v) is 9.26. The molecule has 0 spiro atoms. The van der Waals surface area contributed by atoms with Gasteiger partial charge in [0, 0.05) is 17.3 Å². The van der Waals surface area contributed by atoms with Gasteiger partial charge in [-0.3, -0.25) is 9.69 Å². The normalized spacial score (nSPS) is 14.9. The summed E-state index contributed by atoms with van der Waals surface area (Å²) in [6, 6.07) is 13.0. The first-order valence-electron chi connectivity index (χ1n) is 11.3. The minimum atomic E-state index is -0.853. The van der Waals surface area contributed by atoms with Crippen molar-refractivity contribution < 1.29 is 14.6 Å². The monoisotopic (exact) mass is 486 g/mol. The molecule has 7 heteroatoms. The number of nitrogens with zero attached hydrogens (tertiary/aromatic N) is 2. The minimum absolute atomic E-state index is 0.00758. The largest absolute Gasteiger partial charge is 0.481 e. The zero-order valence-corrected chi connectivity index (χ0v) is 20.6. The zero-order chi connectivity index (χ0) is 23.8. The van der Waals surface area contributed by atoms with Gasteiger partial charge in [-0.05, 0) is 93.0 Å². The molecule has 1 unspecified atom stereocenters. The van der Waals surface area contributed by atoms with Crippen LogP contribution in [0.1, 0.15) is 36.8 Å². The summed E-state index contributed by atoms with van der Waals surface area (Å²) in [4.78, 5) is 15.6. The van der Waals surface area contributed by atoms with Crippen LogP contribution in [0.2, 0.25) is 5.02 Å². The molecule has 0 radical (unpaired) electrons. The Balaban J connectivity index is 1.64. The Morgan fingerprint density at radius 2 is 2.03 bits per heavy atom. The first-order valence-corrected chi connectivity index (χ1v) is 12.1. The van der Waals surface area contributed by atoms with Crippen LogP contribution in [0.15, 0.2) is 55.1 Å². The van der Waals surface area contributed by atoms with E-state index in [0.717, 1.165) is 37.2 Å². The van der Waals surface area contributed by atoms with E-state index in [1.807, 2.05) is 17.0 Å². The number of hydrogen-bond donors (Lipinski definition) is 1. The van der Waals surface area contributed by atoms with E-state index in [4.69, 9.17) is 28.6 Å². The third-order valence-corrected chi connectivity index (χ3v) is 6.33. The molecule has 1 atom stereocenters. The van der Waals surface area contributed by atoms with Gasteiger partial charge in [-0.15, -0.1) is 6.58 Å². The van der Waals surface area contributed by atoms with E-state index < -0.39 is 5.97 Å². The van der Waals surface area contributed by atoms with Crippen molar-refractivity contribution in [1.82, 2.24) is 4.90 Å². The highest BCUT2D eigenvalue weighted by Crippen LogP contribution is 2.35. The molecule has 1 aliphatic rings. The number of ether oxygens (including phenoxy) is 1. The van der Waals surface area contributed by atoms with Crippen LogP contribution in [0.3, 0.4) is 0 Å². The van der Waals surface area contributed by atoms with Crippen LogP contribution in [-0.2, 0) is 17.6 Å². The third kappa shape index (κ3) is 7.29. The third-order valence-electron chi connectivity index (χ3n) is 5.80. The summed E-state index contributed by atoms with van der Waals surface area (Å²) in [7, 11) is 2.11. The molecule has 1 N–H and O–H groups in total. The predicted molar refractivity (Wildman–Crippen MR) is 139 cm³/mol. The van der Waals surface area contributed by atoms with Crippen molar-refractivity contribution >= 4 is 40.7 Å². The molecule has 0 amide bonds. The number of aliphatic carboxylic acids is 1. The predicted octanol–water partition coefficient (Wildman–Crippen LogP) is 5.74. The van der Waals surface area contributed by atoms with Gasteiger partial charge in [-0.2, -0.15) is 0 Å². The van der Waals surface area contributed by atoms with Gasteiger partial charge in [0.15, 0.2) is 0 Å². The summed E-state index contributed by atoms with van der Waals surface area (Å²) in [5.74, 6) is -0.281. The molecular weight excluding hydrogens is 456 g/mol. The highest BCUT2D eigenvalue weighted by atomic mass is 35.5. The Hall–Kier alpha value is -2.41. The van der Waals surface area contributed by atoms with Crippen molar-refractivity contribution in [3.05, 3.63) is 71.3 Å². The smallest absolute Gasteiger partial charge is 0.305 e. The van der Waals surface area contributed by atoms with Gasteiger partial charge in [0.1, 0.15) is 5.75 Å². The van der Waals surface area contributed by atoms with Gasteiger partial charge in [-0.1, -0.05) is 36.2 Å². The van der Waals surface area contributed by atoms with E-state index in [1.54, 1.807) is 24.3 Å². The van der Waals surface area contributed by atoms with Crippen LogP contribution in [0.25, 0.3) is 0 Å². The van der Waals surface area contributed by atoms with Crippen LogP contribution in [-0.4, -0.2) is 47.3 Å². The standard InChI is InChI=1S/C26H31ClN2O3S/c1-3-14-28(2)15-6-4-5-7-19-8-13-24-20(16-19)17-22(18-25(30)31)29(24)26(33)32-23-11-9-21(27)10-12-23/h3,8-13,16,22H,1,4-7,14-15,17-18H2,2H3,(H,30,31). The topological polar surface area (TPSA) is 53.0 Å². The quantitative estimate of drug-likeness (QED) is 0.248. The lowest BCUT2D eigenvalue weighted by Crippen LogP contribution is -2.40. The summed E-state index contributed by atoms with van der Waals surface area (Å²) >= 11 is 11.5. The maximum atomic E-state index is 11.5. The lowest BCUT2D eigenvalue weighted by atomic mass is 10.0. The summed E-state index contributed by atoms with van der Waals surface area (Å²) in [6.07, 6.45) is 7.02. The lowest BCUT2D eigenvalue weighted by molar-refractivity contribution is -0.137. The first kappa shape index (κ1) is 25.2.